The molecule has 1 aromatic heterocycles. The first kappa shape index (κ1) is 24.7. The van der Waals surface area contributed by atoms with Gasteiger partial charge in [0.1, 0.15) is 5.75 Å². The fourth-order valence-electron chi connectivity index (χ4n) is 5.00. The Hall–Kier alpha value is -3.97. The number of rotatable bonds is 7. The van der Waals surface area contributed by atoms with Crippen molar-refractivity contribution < 1.29 is 14.1 Å². The van der Waals surface area contributed by atoms with Crippen LogP contribution in [0.4, 0.5) is 5.69 Å². The van der Waals surface area contributed by atoms with Crippen LogP contribution in [0.5, 0.6) is 5.75 Å². The molecule has 2 heterocycles. The Balaban J connectivity index is 1.25. The molecule has 1 aliphatic rings. The minimum Gasteiger partial charge on any atom is -0.496 e. The SMILES string of the molecule is COc1ccc(NC(=O)Cc2ccc(-c3ccc(-c4noc(C)n4)cc3C)cc2)cc1C1CCNCC1. The minimum absolute atomic E-state index is 0.0369. The van der Waals surface area contributed by atoms with Crippen LogP contribution in [-0.2, 0) is 11.2 Å². The number of piperidine rings is 1. The van der Waals surface area contributed by atoms with Crippen LogP contribution >= 0.6 is 0 Å². The number of methoxy groups -OCH3 is 1. The van der Waals surface area contributed by atoms with Gasteiger partial charge in [-0.15, -0.1) is 0 Å². The molecule has 1 aliphatic heterocycles. The highest BCUT2D eigenvalue weighted by Gasteiger charge is 2.20. The van der Waals surface area contributed by atoms with Crippen LogP contribution < -0.4 is 15.4 Å². The van der Waals surface area contributed by atoms with Gasteiger partial charge in [-0.05, 0) is 90.9 Å². The van der Waals surface area contributed by atoms with Gasteiger partial charge in [0.2, 0.25) is 17.6 Å². The fraction of sp³-hybridized carbons (Fsp3) is 0.300. The topological polar surface area (TPSA) is 89.3 Å². The van der Waals surface area contributed by atoms with Crippen LogP contribution in [0.1, 0.15) is 41.3 Å². The molecule has 3 aromatic carbocycles. The Labute approximate surface area is 217 Å². The third-order valence-corrected chi connectivity index (χ3v) is 6.93. The van der Waals surface area contributed by atoms with Crippen molar-refractivity contribution in [2.45, 2.75) is 39.0 Å². The zero-order valence-corrected chi connectivity index (χ0v) is 21.5. The van der Waals surface area contributed by atoms with E-state index in [2.05, 4.69) is 58.0 Å². The summed E-state index contributed by atoms with van der Waals surface area (Å²) in [6.45, 7) is 5.86. The van der Waals surface area contributed by atoms with Gasteiger partial charge in [-0.1, -0.05) is 41.6 Å². The van der Waals surface area contributed by atoms with Gasteiger partial charge < -0.3 is 19.9 Å². The van der Waals surface area contributed by atoms with E-state index in [4.69, 9.17) is 9.26 Å². The van der Waals surface area contributed by atoms with Crippen molar-refractivity contribution in [1.29, 1.82) is 0 Å². The Morgan fingerprint density at radius 1 is 1.03 bits per heavy atom. The van der Waals surface area contributed by atoms with E-state index < -0.39 is 0 Å². The van der Waals surface area contributed by atoms with Gasteiger partial charge in [-0.3, -0.25) is 4.79 Å². The van der Waals surface area contributed by atoms with Crippen molar-refractivity contribution in [3.8, 4) is 28.3 Å². The standard InChI is InChI=1S/C30H32N4O3/c1-19-16-24(30-32-20(2)37-34-30)8-10-26(19)22-6-4-21(5-7-22)17-29(35)33-25-9-11-28(36-3)27(18-25)23-12-14-31-15-13-23/h4-11,16,18,23,31H,12-15,17H2,1-3H3,(H,33,35). The predicted octanol–water partition coefficient (Wildman–Crippen LogP) is 5.68. The highest BCUT2D eigenvalue weighted by Crippen LogP contribution is 2.35. The van der Waals surface area contributed by atoms with E-state index in [1.807, 2.05) is 30.3 Å². The molecular weight excluding hydrogens is 464 g/mol. The van der Waals surface area contributed by atoms with E-state index in [-0.39, 0.29) is 5.91 Å². The Kier molecular flexibility index (Phi) is 7.32. The summed E-state index contributed by atoms with van der Waals surface area (Å²) in [5, 5.41) is 10.5. The van der Waals surface area contributed by atoms with Crippen LogP contribution in [0, 0.1) is 13.8 Å². The second-order valence-corrected chi connectivity index (χ2v) is 9.57. The molecule has 1 amide bonds. The molecule has 37 heavy (non-hydrogen) atoms. The van der Waals surface area contributed by atoms with Gasteiger partial charge in [0, 0.05) is 18.2 Å². The van der Waals surface area contributed by atoms with Gasteiger partial charge in [0.05, 0.1) is 13.5 Å². The van der Waals surface area contributed by atoms with E-state index in [0.717, 1.165) is 65.2 Å². The molecular formula is C30H32N4O3. The van der Waals surface area contributed by atoms with Crippen molar-refractivity contribution in [1.82, 2.24) is 15.5 Å². The first-order valence-corrected chi connectivity index (χ1v) is 12.7. The maximum atomic E-state index is 12.8. The second-order valence-electron chi connectivity index (χ2n) is 9.57. The molecule has 0 spiro atoms. The Morgan fingerprint density at radius 3 is 2.46 bits per heavy atom. The molecule has 7 nitrogen and oxygen atoms in total. The zero-order chi connectivity index (χ0) is 25.8. The lowest BCUT2D eigenvalue weighted by Gasteiger charge is -2.25. The third-order valence-electron chi connectivity index (χ3n) is 6.93. The number of nitrogens with zero attached hydrogens (tertiary/aromatic N) is 2. The molecule has 5 rings (SSSR count). The largest absolute Gasteiger partial charge is 0.496 e. The molecule has 2 N–H and O–H groups in total. The quantitative estimate of drug-likeness (QED) is 0.342. The average Bonchev–Trinajstić information content (AvgIpc) is 3.36. The number of nitrogens with one attached hydrogen (secondary N) is 2. The third kappa shape index (κ3) is 5.73. The number of anilines is 1. The molecule has 1 saturated heterocycles. The van der Waals surface area contributed by atoms with E-state index >= 15 is 0 Å². The molecule has 4 aromatic rings. The summed E-state index contributed by atoms with van der Waals surface area (Å²) in [7, 11) is 1.70. The molecule has 0 radical (unpaired) electrons. The summed E-state index contributed by atoms with van der Waals surface area (Å²) in [5.74, 6) is 2.43. The van der Waals surface area contributed by atoms with Crippen molar-refractivity contribution >= 4 is 11.6 Å². The molecule has 0 aliphatic carbocycles. The predicted molar refractivity (Wildman–Crippen MR) is 145 cm³/mol. The summed E-state index contributed by atoms with van der Waals surface area (Å²) < 4.78 is 10.7. The number of aryl methyl sites for hydroxylation is 2. The Bertz CT molecular complexity index is 1390. The van der Waals surface area contributed by atoms with E-state index in [1.54, 1.807) is 14.0 Å². The number of hydrogen-bond acceptors (Lipinski definition) is 6. The number of amides is 1. The van der Waals surface area contributed by atoms with Gasteiger partial charge >= 0.3 is 0 Å². The fourth-order valence-corrected chi connectivity index (χ4v) is 5.00. The number of aromatic nitrogens is 2. The average molecular weight is 497 g/mol. The maximum absolute atomic E-state index is 12.8. The molecule has 0 unspecified atom stereocenters. The summed E-state index contributed by atoms with van der Waals surface area (Å²) in [6, 6.07) is 20.2. The summed E-state index contributed by atoms with van der Waals surface area (Å²) in [6.07, 6.45) is 2.45. The van der Waals surface area contributed by atoms with Gasteiger partial charge in [0.15, 0.2) is 0 Å². The molecule has 1 fully saturated rings. The summed E-state index contributed by atoms with van der Waals surface area (Å²) >= 11 is 0. The number of ether oxygens (including phenoxy) is 1. The smallest absolute Gasteiger partial charge is 0.228 e. The molecule has 0 saturated carbocycles. The monoisotopic (exact) mass is 496 g/mol. The highest BCUT2D eigenvalue weighted by atomic mass is 16.5. The molecule has 0 atom stereocenters. The number of carbonyl (C=O) groups is 1. The Morgan fingerprint density at radius 2 is 1.78 bits per heavy atom. The van der Waals surface area contributed by atoms with Crippen LogP contribution in [0.25, 0.3) is 22.5 Å². The van der Waals surface area contributed by atoms with Crippen LogP contribution in [-0.4, -0.2) is 36.2 Å². The second kappa shape index (κ2) is 11.0. The van der Waals surface area contributed by atoms with Crippen LogP contribution in [0.2, 0.25) is 0 Å². The van der Waals surface area contributed by atoms with Crippen molar-refractivity contribution in [3.05, 3.63) is 83.2 Å². The molecule has 190 valence electrons. The van der Waals surface area contributed by atoms with Gasteiger partial charge in [-0.2, -0.15) is 4.98 Å². The zero-order valence-electron chi connectivity index (χ0n) is 21.5. The van der Waals surface area contributed by atoms with Gasteiger partial charge in [-0.25, -0.2) is 0 Å². The first-order chi connectivity index (χ1) is 18.0. The number of benzene rings is 3. The van der Waals surface area contributed by atoms with Crippen LogP contribution in [0.15, 0.2) is 65.2 Å². The normalized spacial score (nSPS) is 13.9. The van der Waals surface area contributed by atoms with Gasteiger partial charge in [0.25, 0.3) is 0 Å². The molecule has 7 heteroatoms. The van der Waals surface area contributed by atoms with E-state index in [1.165, 1.54) is 5.56 Å². The lowest BCUT2D eigenvalue weighted by Crippen LogP contribution is -2.27. The van der Waals surface area contributed by atoms with Crippen LogP contribution in [0.3, 0.4) is 0 Å². The summed E-state index contributed by atoms with van der Waals surface area (Å²) in [4.78, 5) is 17.1. The molecule has 0 bridgehead atoms. The summed E-state index contributed by atoms with van der Waals surface area (Å²) in [5.41, 5.74) is 7.21. The van der Waals surface area contributed by atoms with E-state index in [9.17, 15) is 4.79 Å². The van der Waals surface area contributed by atoms with Crippen molar-refractivity contribution in [3.63, 3.8) is 0 Å². The number of hydrogen-bond donors (Lipinski definition) is 2. The van der Waals surface area contributed by atoms with Crippen molar-refractivity contribution in [2.75, 3.05) is 25.5 Å². The lowest BCUT2D eigenvalue weighted by atomic mass is 9.89. The first-order valence-electron chi connectivity index (χ1n) is 12.7. The highest BCUT2D eigenvalue weighted by molar-refractivity contribution is 5.92. The number of carbonyl (C=O) groups excluding carboxylic acids is 1. The maximum Gasteiger partial charge on any atom is 0.228 e. The lowest BCUT2D eigenvalue weighted by molar-refractivity contribution is -0.115. The van der Waals surface area contributed by atoms with E-state index in [0.29, 0.717) is 24.1 Å². The van der Waals surface area contributed by atoms with Crippen molar-refractivity contribution in [2.24, 2.45) is 0 Å². The minimum atomic E-state index is -0.0369.